The first-order valence-electron chi connectivity index (χ1n) is 5.98. The van der Waals surface area contributed by atoms with E-state index in [2.05, 4.69) is 0 Å². The van der Waals surface area contributed by atoms with Crippen LogP contribution in [0.4, 0.5) is 5.69 Å². The van der Waals surface area contributed by atoms with Gasteiger partial charge in [0, 0.05) is 11.3 Å². The van der Waals surface area contributed by atoms with Gasteiger partial charge in [-0.2, -0.15) is 0 Å². The molecule has 0 radical (unpaired) electrons. The van der Waals surface area contributed by atoms with E-state index in [1.807, 2.05) is 42.5 Å². The molecule has 4 heteroatoms. The Morgan fingerprint density at radius 2 is 1.79 bits per heavy atom. The van der Waals surface area contributed by atoms with Crippen LogP contribution >= 0.6 is 0 Å². The zero-order chi connectivity index (χ0) is 13.8. The minimum atomic E-state index is -0.312. The van der Waals surface area contributed by atoms with Gasteiger partial charge in [0.05, 0.1) is 20.3 Å². The van der Waals surface area contributed by atoms with Crippen LogP contribution in [-0.2, 0) is 0 Å². The van der Waals surface area contributed by atoms with E-state index in [0.29, 0.717) is 5.69 Å². The van der Waals surface area contributed by atoms with E-state index in [0.717, 1.165) is 22.6 Å². The van der Waals surface area contributed by atoms with Gasteiger partial charge in [-0.25, -0.2) is 0 Å². The molecule has 0 heterocycles. The molecule has 100 valence electrons. The van der Waals surface area contributed by atoms with Gasteiger partial charge in [-0.1, -0.05) is 12.1 Å². The monoisotopic (exact) mass is 258 g/mol. The first-order valence-corrected chi connectivity index (χ1v) is 5.98. The molecule has 1 atom stereocenters. The number of methoxy groups -OCH3 is 2. The Balaban J connectivity index is 2.44. The molecule has 2 rings (SSSR count). The molecule has 4 N–H and O–H groups in total. The van der Waals surface area contributed by atoms with Crippen LogP contribution in [0.5, 0.6) is 11.5 Å². The molecular weight excluding hydrogens is 240 g/mol. The molecule has 2 aromatic rings. The maximum atomic E-state index is 6.29. The summed E-state index contributed by atoms with van der Waals surface area (Å²) >= 11 is 0. The second-order valence-corrected chi connectivity index (χ2v) is 4.26. The minimum absolute atomic E-state index is 0.312. The Morgan fingerprint density at radius 3 is 2.42 bits per heavy atom. The fourth-order valence-electron chi connectivity index (χ4n) is 2.01. The smallest absolute Gasteiger partial charge is 0.124 e. The molecule has 1 unspecified atom stereocenters. The molecule has 0 bridgehead atoms. The van der Waals surface area contributed by atoms with E-state index in [4.69, 9.17) is 20.9 Å². The molecule has 2 aromatic carbocycles. The van der Waals surface area contributed by atoms with Crippen LogP contribution in [0.1, 0.15) is 17.2 Å². The Morgan fingerprint density at radius 1 is 1.00 bits per heavy atom. The quantitative estimate of drug-likeness (QED) is 0.826. The van der Waals surface area contributed by atoms with Gasteiger partial charge in [-0.15, -0.1) is 0 Å². The van der Waals surface area contributed by atoms with Crippen molar-refractivity contribution in [2.75, 3.05) is 20.0 Å². The molecule has 0 amide bonds. The van der Waals surface area contributed by atoms with Gasteiger partial charge < -0.3 is 20.9 Å². The summed E-state index contributed by atoms with van der Waals surface area (Å²) < 4.78 is 10.6. The van der Waals surface area contributed by atoms with Crippen LogP contribution in [0.15, 0.2) is 42.5 Å². The standard InChI is InChI=1S/C15H18N2O2/c1-18-12-6-7-14(19-2)13(9-12)15(17)10-4-3-5-11(16)8-10/h3-9,15H,16-17H2,1-2H3. The summed E-state index contributed by atoms with van der Waals surface area (Å²) in [5.74, 6) is 1.48. The summed E-state index contributed by atoms with van der Waals surface area (Å²) in [6, 6.07) is 12.8. The molecule has 0 aliphatic heterocycles. The molecule has 0 aliphatic rings. The van der Waals surface area contributed by atoms with Gasteiger partial charge in [0.25, 0.3) is 0 Å². The fourth-order valence-corrected chi connectivity index (χ4v) is 2.01. The number of hydrogen-bond donors (Lipinski definition) is 2. The van der Waals surface area contributed by atoms with Gasteiger partial charge in [-0.3, -0.25) is 0 Å². The first-order chi connectivity index (χ1) is 9.15. The van der Waals surface area contributed by atoms with Gasteiger partial charge >= 0.3 is 0 Å². The van der Waals surface area contributed by atoms with Gasteiger partial charge in [0.2, 0.25) is 0 Å². The number of hydrogen-bond acceptors (Lipinski definition) is 4. The molecular formula is C15H18N2O2. The number of nitrogens with two attached hydrogens (primary N) is 2. The van der Waals surface area contributed by atoms with Crippen LogP contribution in [0.25, 0.3) is 0 Å². The molecule has 0 fully saturated rings. The van der Waals surface area contributed by atoms with Crippen LogP contribution in [-0.4, -0.2) is 14.2 Å². The molecule has 19 heavy (non-hydrogen) atoms. The normalized spacial score (nSPS) is 11.9. The summed E-state index contributed by atoms with van der Waals surface area (Å²) in [4.78, 5) is 0. The highest BCUT2D eigenvalue weighted by Gasteiger charge is 2.15. The van der Waals surface area contributed by atoms with Crippen molar-refractivity contribution in [2.45, 2.75) is 6.04 Å². The predicted octanol–water partition coefficient (Wildman–Crippen LogP) is 2.33. The lowest BCUT2D eigenvalue weighted by atomic mass is 9.98. The van der Waals surface area contributed by atoms with Crippen LogP contribution < -0.4 is 20.9 Å². The van der Waals surface area contributed by atoms with Crippen molar-refractivity contribution >= 4 is 5.69 Å². The summed E-state index contributed by atoms with van der Waals surface area (Å²) in [5.41, 5.74) is 14.6. The van der Waals surface area contributed by atoms with E-state index in [1.54, 1.807) is 14.2 Å². The Kier molecular flexibility index (Phi) is 3.92. The van der Waals surface area contributed by atoms with E-state index < -0.39 is 0 Å². The van der Waals surface area contributed by atoms with Crippen molar-refractivity contribution in [3.63, 3.8) is 0 Å². The molecule has 0 aromatic heterocycles. The maximum absolute atomic E-state index is 6.29. The second-order valence-electron chi connectivity index (χ2n) is 4.26. The van der Waals surface area contributed by atoms with Crippen LogP contribution in [0, 0.1) is 0 Å². The van der Waals surface area contributed by atoms with E-state index in [-0.39, 0.29) is 6.04 Å². The average molecular weight is 258 g/mol. The van der Waals surface area contributed by atoms with E-state index in [9.17, 15) is 0 Å². The zero-order valence-electron chi connectivity index (χ0n) is 11.1. The lowest BCUT2D eigenvalue weighted by Gasteiger charge is -2.17. The third-order valence-corrected chi connectivity index (χ3v) is 3.04. The van der Waals surface area contributed by atoms with Crippen molar-refractivity contribution in [1.29, 1.82) is 0 Å². The van der Waals surface area contributed by atoms with Crippen molar-refractivity contribution in [2.24, 2.45) is 5.73 Å². The fraction of sp³-hybridized carbons (Fsp3) is 0.200. The number of benzene rings is 2. The molecule has 0 saturated carbocycles. The summed E-state index contributed by atoms with van der Waals surface area (Å²) in [6.45, 7) is 0. The predicted molar refractivity (Wildman–Crippen MR) is 76.4 cm³/mol. The number of anilines is 1. The Hall–Kier alpha value is -2.20. The summed E-state index contributed by atoms with van der Waals surface area (Å²) in [6.07, 6.45) is 0. The number of nitrogen functional groups attached to an aromatic ring is 1. The second kappa shape index (κ2) is 5.63. The van der Waals surface area contributed by atoms with Gasteiger partial charge in [0.15, 0.2) is 0 Å². The highest BCUT2D eigenvalue weighted by atomic mass is 16.5. The van der Waals surface area contributed by atoms with Crippen molar-refractivity contribution < 1.29 is 9.47 Å². The zero-order valence-corrected chi connectivity index (χ0v) is 11.1. The topological polar surface area (TPSA) is 70.5 Å². The Bertz CT molecular complexity index is 570. The van der Waals surface area contributed by atoms with Crippen molar-refractivity contribution in [3.05, 3.63) is 53.6 Å². The third-order valence-electron chi connectivity index (χ3n) is 3.04. The Labute approximate surface area is 112 Å². The molecule has 4 nitrogen and oxygen atoms in total. The van der Waals surface area contributed by atoms with Crippen LogP contribution in [0.3, 0.4) is 0 Å². The summed E-state index contributed by atoms with van der Waals surface area (Å²) in [7, 11) is 3.25. The van der Waals surface area contributed by atoms with Gasteiger partial charge in [-0.05, 0) is 35.9 Å². The average Bonchev–Trinajstić information content (AvgIpc) is 2.45. The maximum Gasteiger partial charge on any atom is 0.124 e. The minimum Gasteiger partial charge on any atom is -0.497 e. The lowest BCUT2D eigenvalue weighted by molar-refractivity contribution is 0.397. The third kappa shape index (κ3) is 2.80. The number of rotatable bonds is 4. The number of ether oxygens (including phenoxy) is 2. The first kappa shape index (κ1) is 13.2. The SMILES string of the molecule is COc1ccc(OC)c(C(N)c2cccc(N)c2)c1. The molecule has 0 saturated heterocycles. The highest BCUT2D eigenvalue weighted by molar-refractivity contribution is 5.49. The highest BCUT2D eigenvalue weighted by Crippen LogP contribution is 2.32. The molecule has 0 spiro atoms. The summed E-state index contributed by atoms with van der Waals surface area (Å²) in [5, 5.41) is 0. The largest absolute Gasteiger partial charge is 0.497 e. The van der Waals surface area contributed by atoms with E-state index in [1.165, 1.54) is 0 Å². The lowest BCUT2D eigenvalue weighted by Crippen LogP contribution is -2.13. The molecule has 0 aliphatic carbocycles. The van der Waals surface area contributed by atoms with Crippen molar-refractivity contribution in [3.8, 4) is 11.5 Å². The van der Waals surface area contributed by atoms with Gasteiger partial charge in [0.1, 0.15) is 11.5 Å². The van der Waals surface area contributed by atoms with Crippen LogP contribution in [0.2, 0.25) is 0 Å². The van der Waals surface area contributed by atoms with Crippen molar-refractivity contribution in [1.82, 2.24) is 0 Å². The van der Waals surface area contributed by atoms with E-state index >= 15 is 0 Å².